The third-order valence-corrected chi connectivity index (χ3v) is 4.29. The van der Waals surface area contributed by atoms with Gasteiger partial charge in [0.05, 0.1) is 16.8 Å². The van der Waals surface area contributed by atoms with Crippen LogP contribution in [-0.2, 0) is 0 Å². The first-order valence-corrected chi connectivity index (χ1v) is 9.49. The molecule has 0 aliphatic carbocycles. The highest BCUT2D eigenvalue weighted by Crippen LogP contribution is 2.25. The molecule has 2 aromatic carbocycles. The second kappa shape index (κ2) is 7.94. The average molecular weight is 393 g/mol. The fraction of sp³-hybridized carbons (Fsp3) is 0.227. The summed E-state index contributed by atoms with van der Waals surface area (Å²) in [5.41, 5.74) is 9.44. The van der Waals surface area contributed by atoms with Crippen molar-refractivity contribution in [1.29, 1.82) is 0 Å². The maximum Gasteiger partial charge on any atom is 0.270 e. The van der Waals surface area contributed by atoms with Gasteiger partial charge in [-0.25, -0.2) is 4.98 Å². The van der Waals surface area contributed by atoms with E-state index in [-0.39, 0.29) is 11.4 Å². The summed E-state index contributed by atoms with van der Waals surface area (Å²) in [6.07, 6.45) is 0. The third kappa shape index (κ3) is 4.84. The molecule has 0 fully saturated rings. The fourth-order valence-corrected chi connectivity index (χ4v) is 3.15. The number of carbonyl (C=O) groups excluding carboxylic acids is 1. The van der Waals surface area contributed by atoms with Gasteiger partial charge in [-0.1, -0.05) is 48.0 Å². The summed E-state index contributed by atoms with van der Waals surface area (Å²) in [6, 6.07) is 17.5. The number of para-hydroxylation sites is 1. The average Bonchev–Trinajstić information content (AvgIpc) is 2.64. The van der Waals surface area contributed by atoms with E-state index in [1.165, 1.54) is 5.56 Å². The van der Waals surface area contributed by atoms with Crippen LogP contribution in [0.3, 0.4) is 0 Å². The summed E-state index contributed by atoms with van der Waals surface area (Å²) < 4.78 is 0. The van der Waals surface area contributed by atoms with Gasteiger partial charge in [-0.15, -0.1) is 0 Å². The molecule has 144 valence electrons. The van der Waals surface area contributed by atoms with Crippen LogP contribution in [0, 0.1) is 6.92 Å². The normalized spacial score (nSPS) is 11.1. The molecule has 3 rings (SSSR count). The minimum Gasteiger partial charge on any atom is -0.357 e. The van der Waals surface area contributed by atoms with Crippen molar-refractivity contribution in [2.75, 3.05) is 0 Å². The highest BCUT2D eigenvalue weighted by Gasteiger charge is 2.15. The first-order chi connectivity index (χ1) is 13.2. The number of pyridine rings is 1. The van der Waals surface area contributed by atoms with E-state index >= 15 is 0 Å². The number of aromatic nitrogens is 1. The van der Waals surface area contributed by atoms with E-state index in [1.54, 1.807) is 0 Å². The summed E-state index contributed by atoms with van der Waals surface area (Å²) in [7, 11) is 0. The fourth-order valence-electron chi connectivity index (χ4n) is 2.79. The summed E-state index contributed by atoms with van der Waals surface area (Å²) in [6.45, 7) is 8.02. The van der Waals surface area contributed by atoms with E-state index in [4.69, 9.17) is 17.2 Å². The molecule has 28 heavy (non-hydrogen) atoms. The van der Waals surface area contributed by atoms with Crippen molar-refractivity contribution >= 4 is 34.1 Å². The van der Waals surface area contributed by atoms with Crippen molar-refractivity contribution < 1.29 is 4.79 Å². The molecule has 0 atom stereocenters. The molecule has 0 aliphatic rings. The molecule has 6 heteroatoms. The van der Waals surface area contributed by atoms with Gasteiger partial charge in [0.25, 0.3) is 5.91 Å². The van der Waals surface area contributed by atoms with Crippen LogP contribution in [0.5, 0.6) is 0 Å². The number of fused-ring (bicyclic) bond motifs is 1. The highest BCUT2D eigenvalue weighted by molar-refractivity contribution is 7.80. The van der Waals surface area contributed by atoms with Gasteiger partial charge in [-0.05, 0) is 52.0 Å². The summed E-state index contributed by atoms with van der Waals surface area (Å²) in [4.78, 5) is 17.6. The number of thiocarbonyl (C=S) groups is 1. The Balaban J connectivity index is 1.91. The zero-order valence-corrected chi connectivity index (χ0v) is 17.3. The number of carbonyl (C=O) groups is 1. The van der Waals surface area contributed by atoms with Crippen LogP contribution in [0.1, 0.15) is 36.7 Å². The summed E-state index contributed by atoms with van der Waals surface area (Å²) >= 11 is 5.23. The standard InChI is InChI=1S/C22H24N4OS/c1-14-9-11-15(12-10-14)19-13-17(16-7-5-6-8-18(16)23-19)20(27)25-26-21(28)24-22(2,3)4/h5-13H,1-4H3,(H,25,27)(H2,24,26,28). The molecule has 0 unspecified atom stereocenters. The van der Waals surface area contributed by atoms with Crippen LogP contribution >= 0.6 is 12.2 Å². The molecule has 0 aliphatic heterocycles. The predicted molar refractivity (Wildman–Crippen MR) is 118 cm³/mol. The number of nitrogens with zero attached hydrogens (tertiary/aromatic N) is 1. The lowest BCUT2D eigenvalue weighted by atomic mass is 10.0. The minimum absolute atomic E-state index is 0.198. The molecule has 3 aromatic rings. The van der Waals surface area contributed by atoms with E-state index < -0.39 is 0 Å². The molecule has 0 saturated carbocycles. The van der Waals surface area contributed by atoms with Crippen LogP contribution < -0.4 is 16.2 Å². The van der Waals surface area contributed by atoms with E-state index in [9.17, 15) is 4.79 Å². The number of rotatable bonds is 2. The number of aryl methyl sites for hydroxylation is 1. The molecule has 1 heterocycles. The molecule has 0 saturated heterocycles. The summed E-state index contributed by atoms with van der Waals surface area (Å²) in [5.74, 6) is -0.273. The van der Waals surface area contributed by atoms with Crippen molar-refractivity contribution in [2.45, 2.75) is 33.2 Å². The number of hydrogen-bond acceptors (Lipinski definition) is 3. The van der Waals surface area contributed by atoms with E-state index in [2.05, 4.69) is 16.2 Å². The smallest absolute Gasteiger partial charge is 0.270 e. The van der Waals surface area contributed by atoms with Gasteiger partial charge in [0.15, 0.2) is 5.11 Å². The Morgan fingerprint density at radius 2 is 1.68 bits per heavy atom. The van der Waals surface area contributed by atoms with Crippen LogP contribution in [0.15, 0.2) is 54.6 Å². The Kier molecular flexibility index (Phi) is 5.61. The Labute approximate surface area is 170 Å². The molecule has 1 aromatic heterocycles. The molecular formula is C22H24N4OS. The Hall–Kier alpha value is -2.99. The topological polar surface area (TPSA) is 66.1 Å². The second-order valence-corrected chi connectivity index (χ2v) is 8.13. The van der Waals surface area contributed by atoms with Gasteiger partial charge in [0.1, 0.15) is 0 Å². The van der Waals surface area contributed by atoms with E-state index in [0.29, 0.717) is 10.7 Å². The largest absolute Gasteiger partial charge is 0.357 e. The number of hydrazine groups is 1. The molecule has 0 spiro atoms. The predicted octanol–water partition coefficient (Wildman–Crippen LogP) is 4.12. The lowest BCUT2D eigenvalue weighted by Gasteiger charge is -2.23. The van der Waals surface area contributed by atoms with Gasteiger partial charge < -0.3 is 5.32 Å². The van der Waals surface area contributed by atoms with Gasteiger partial charge in [-0.3, -0.25) is 15.6 Å². The monoisotopic (exact) mass is 392 g/mol. The maximum absolute atomic E-state index is 12.9. The molecule has 1 amide bonds. The lowest BCUT2D eigenvalue weighted by molar-refractivity contribution is 0.0945. The van der Waals surface area contributed by atoms with Crippen LogP contribution in [-0.4, -0.2) is 21.5 Å². The first-order valence-electron chi connectivity index (χ1n) is 9.08. The van der Waals surface area contributed by atoms with Crippen molar-refractivity contribution in [3.63, 3.8) is 0 Å². The zero-order valence-electron chi connectivity index (χ0n) is 16.5. The zero-order chi connectivity index (χ0) is 20.3. The minimum atomic E-state index is -0.273. The van der Waals surface area contributed by atoms with Gasteiger partial charge in [-0.2, -0.15) is 0 Å². The SMILES string of the molecule is Cc1ccc(-c2cc(C(=O)NNC(=S)NC(C)(C)C)c3ccccc3n2)cc1. The Morgan fingerprint density at radius 3 is 2.36 bits per heavy atom. The second-order valence-electron chi connectivity index (χ2n) is 7.72. The number of benzene rings is 2. The Bertz CT molecular complexity index is 1020. The highest BCUT2D eigenvalue weighted by atomic mass is 32.1. The van der Waals surface area contributed by atoms with Gasteiger partial charge >= 0.3 is 0 Å². The molecule has 0 radical (unpaired) electrons. The number of nitrogens with one attached hydrogen (secondary N) is 3. The molecular weight excluding hydrogens is 368 g/mol. The van der Waals surface area contributed by atoms with Crippen molar-refractivity contribution in [1.82, 2.24) is 21.2 Å². The number of hydrogen-bond donors (Lipinski definition) is 3. The van der Waals surface area contributed by atoms with Crippen molar-refractivity contribution in [3.05, 3.63) is 65.7 Å². The Morgan fingerprint density at radius 1 is 1.00 bits per heavy atom. The van der Waals surface area contributed by atoms with E-state index in [1.807, 2.05) is 82.3 Å². The quantitative estimate of drug-likeness (QED) is 0.452. The first kappa shape index (κ1) is 19.8. The van der Waals surface area contributed by atoms with Gasteiger partial charge in [0.2, 0.25) is 0 Å². The van der Waals surface area contributed by atoms with Crippen LogP contribution in [0.4, 0.5) is 0 Å². The van der Waals surface area contributed by atoms with Crippen LogP contribution in [0.25, 0.3) is 22.2 Å². The lowest BCUT2D eigenvalue weighted by Crippen LogP contribution is -2.52. The number of amides is 1. The van der Waals surface area contributed by atoms with E-state index in [0.717, 1.165) is 22.2 Å². The summed E-state index contributed by atoms with van der Waals surface area (Å²) in [5, 5.41) is 4.24. The molecule has 3 N–H and O–H groups in total. The van der Waals surface area contributed by atoms with Gasteiger partial charge in [0, 0.05) is 16.5 Å². The van der Waals surface area contributed by atoms with Crippen LogP contribution in [0.2, 0.25) is 0 Å². The molecule has 5 nitrogen and oxygen atoms in total. The van der Waals surface area contributed by atoms with Crippen molar-refractivity contribution in [2.24, 2.45) is 0 Å². The molecule has 0 bridgehead atoms. The third-order valence-electron chi connectivity index (χ3n) is 4.09. The maximum atomic E-state index is 12.9. The van der Waals surface area contributed by atoms with Crippen molar-refractivity contribution in [3.8, 4) is 11.3 Å².